The molecule has 0 N–H and O–H groups in total. The van der Waals surface area contributed by atoms with Gasteiger partial charge in [0.1, 0.15) is 30.0 Å². The van der Waals surface area contributed by atoms with E-state index in [4.69, 9.17) is 9.47 Å². The third kappa shape index (κ3) is 4.28. The molecule has 3 aromatic carbocycles. The van der Waals surface area contributed by atoms with Crippen LogP contribution in [0.25, 0.3) is 11.1 Å². The monoisotopic (exact) mass is 429 g/mol. The third-order valence-electron chi connectivity index (χ3n) is 6.42. The summed E-state index contributed by atoms with van der Waals surface area (Å²) in [5, 5.41) is 0. The third-order valence-corrected chi connectivity index (χ3v) is 6.42. The number of ether oxygens (including phenoxy) is 2. The molecule has 0 saturated carbocycles. The molecule has 1 atom stereocenters. The van der Waals surface area contributed by atoms with Crippen molar-refractivity contribution in [2.45, 2.75) is 25.9 Å². The fourth-order valence-corrected chi connectivity index (χ4v) is 4.68. The van der Waals surface area contributed by atoms with Crippen LogP contribution in [0.15, 0.2) is 72.8 Å². The first kappa shape index (κ1) is 20.8. The number of nitrogens with zero attached hydrogens (tertiary/aromatic N) is 1. The topological polar surface area (TPSA) is 21.7 Å². The van der Waals surface area contributed by atoms with Gasteiger partial charge in [0.15, 0.2) is 0 Å². The van der Waals surface area contributed by atoms with Crippen LogP contribution < -0.4 is 9.47 Å². The first-order valence-electron chi connectivity index (χ1n) is 11.4. The first-order valence-corrected chi connectivity index (χ1v) is 11.4. The highest BCUT2D eigenvalue weighted by molar-refractivity contribution is 5.95. The summed E-state index contributed by atoms with van der Waals surface area (Å²) in [6.07, 6.45) is 2.32. The lowest BCUT2D eigenvalue weighted by atomic mass is 9.86. The summed E-state index contributed by atoms with van der Waals surface area (Å²) >= 11 is 0. The Labute approximate surface area is 189 Å². The fourth-order valence-electron chi connectivity index (χ4n) is 4.68. The number of benzene rings is 3. The van der Waals surface area contributed by atoms with E-state index in [1.807, 2.05) is 42.5 Å². The van der Waals surface area contributed by atoms with E-state index in [0.29, 0.717) is 6.61 Å². The van der Waals surface area contributed by atoms with Gasteiger partial charge in [-0.05, 0) is 79.9 Å². The number of hydrogen-bond donors (Lipinski definition) is 0. The molecule has 0 amide bonds. The second-order valence-electron chi connectivity index (χ2n) is 8.51. The second kappa shape index (κ2) is 9.17. The van der Waals surface area contributed by atoms with Gasteiger partial charge in [-0.25, -0.2) is 4.39 Å². The molecule has 1 saturated heterocycles. The molecule has 3 aromatic rings. The summed E-state index contributed by atoms with van der Waals surface area (Å²) in [6, 6.07) is 22.9. The van der Waals surface area contributed by atoms with Crippen molar-refractivity contribution >= 4 is 11.1 Å². The zero-order valence-corrected chi connectivity index (χ0v) is 18.4. The van der Waals surface area contributed by atoms with Crippen LogP contribution in [0.5, 0.6) is 11.5 Å². The molecule has 4 heteroatoms. The van der Waals surface area contributed by atoms with Gasteiger partial charge in [0, 0.05) is 17.7 Å². The van der Waals surface area contributed by atoms with E-state index in [9.17, 15) is 4.39 Å². The van der Waals surface area contributed by atoms with Crippen molar-refractivity contribution in [2.24, 2.45) is 0 Å². The zero-order chi connectivity index (χ0) is 21.9. The van der Waals surface area contributed by atoms with Crippen LogP contribution >= 0.6 is 0 Å². The first-order chi connectivity index (χ1) is 15.7. The van der Waals surface area contributed by atoms with E-state index >= 15 is 0 Å². The van der Waals surface area contributed by atoms with E-state index in [1.165, 1.54) is 38.1 Å². The van der Waals surface area contributed by atoms with Gasteiger partial charge in [0.2, 0.25) is 0 Å². The molecule has 5 rings (SSSR count). The average Bonchev–Trinajstić information content (AvgIpc) is 3.34. The number of allylic oxidation sites excluding steroid dienone is 1. The number of rotatable bonds is 6. The lowest BCUT2D eigenvalue weighted by molar-refractivity contribution is 0.237. The Hall–Kier alpha value is -3.11. The molecule has 1 fully saturated rings. The van der Waals surface area contributed by atoms with Crippen LogP contribution in [0.1, 0.15) is 42.6 Å². The minimum absolute atomic E-state index is 0.240. The van der Waals surface area contributed by atoms with Gasteiger partial charge in [-0.2, -0.15) is 0 Å². The normalized spacial score (nSPS) is 18.4. The van der Waals surface area contributed by atoms with Gasteiger partial charge < -0.3 is 9.47 Å². The van der Waals surface area contributed by atoms with E-state index in [-0.39, 0.29) is 11.9 Å². The van der Waals surface area contributed by atoms with Crippen LogP contribution in [-0.4, -0.2) is 31.1 Å². The van der Waals surface area contributed by atoms with Crippen molar-refractivity contribution < 1.29 is 13.9 Å². The van der Waals surface area contributed by atoms with Gasteiger partial charge >= 0.3 is 0 Å². The maximum absolute atomic E-state index is 13.6. The molecule has 2 heterocycles. The maximum Gasteiger partial charge on any atom is 0.150 e. The van der Waals surface area contributed by atoms with Crippen LogP contribution in [0.2, 0.25) is 0 Å². The minimum atomic E-state index is -0.269. The minimum Gasteiger partial charge on any atom is -0.492 e. The zero-order valence-electron chi connectivity index (χ0n) is 18.4. The van der Waals surface area contributed by atoms with Gasteiger partial charge in [-0.1, -0.05) is 42.5 Å². The number of likely N-dealkylation sites (tertiary alicyclic amines) is 1. The molecular formula is C28H28FNO2. The largest absolute Gasteiger partial charge is 0.492 e. The molecule has 1 unspecified atom stereocenters. The smallest absolute Gasteiger partial charge is 0.150 e. The predicted octanol–water partition coefficient (Wildman–Crippen LogP) is 6.36. The summed E-state index contributed by atoms with van der Waals surface area (Å²) in [7, 11) is 0. The van der Waals surface area contributed by atoms with Crippen LogP contribution in [0.4, 0.5) is 4.39 Å². The van der Waals surface area contributed by atoms with Crippen LogP contribution in [-0.2, 0) is 0 Å². The Morgan fingerprint density at radius 2 is 1.66 bits per heavy atom. The lowest BCUT2D eigenvalue weighted by Crippen LogP contribution is -2.25. The molecule has 2 aliphatic rings. The van der Waals surface area contributed by atoms with Crippen molar-refractivity contribution in [1.82, 2.24) is 4.90 Å². The van der Waals surface area contributed by atoms with E-state index in [1.54, 1.807) is 0 Å². The molecule has 0 aromatic heterocycles. The summed E-state index contributed by atoms with van der Waals surface area (Å²) < 4.78 is 26.0. The van der Waals surface area contributed by atoms with Crippen molar-refractivity contribution in [2.75, 3.05) is 26.2 Å². The Balaban J connectivity index is 1.40. The Morgan fingerprint density at radius 3 is 2.41 bits per heavy atom. The Morgan fingerprint density at radius 1 is 0.938 bits per heavy atom. The van der Waals surface area contributed by atoms with Crippen molar-refractivity contribution in [3.05, 3.63) is 95.3 Å². The van der Waals surface area contributed by atoms with Crippen molar-refractivity contribution in [1.29, 1.82) is 0 Å². The SMILES string of the molecule is CC1=C(c2ccc(F)cc2)C(c2ccc(OCCN3CCCC3)cc2)Oc2ccccc21. The molecule has 3 nitrogen and oxygen atoms in total. The molecule has 164 valence electrons. The summed E-state index contributed by atoms with van der Waals surface area (Å²) in [5.74, 6) is 1.50. The highest BCUT2D eigenvalue weighted by Crippen LogP contribution is 2.46. The van der Waals surface area contributed by atoms with Crippen molar-refractivity contribution in [3.8, 4) is 11.5 Å². The number of fused-ring (bicyclic) bond motifs is 1. The lowest BCUT2D eigenvalue weighted by Gasteiger charge is -2.31. The molecule has 0 spiro atoms. The van der Waals surface area contributed by atoms with Gasteiger partial charge in [0.25, 0.3) is 0 Å². The standard InChI is InChI=1S/C28H28FNO2/c1-20-25-6-2-3-7-26(25)32-28(27(20)21-8-12-23(29)13-9-21)22-10-14-24(15-11-22)31-19-18-30-16-4-5-17-30/h2-3,6-15,28H,4-5,16-19H2,1H3. The molecule has 0 radical (unpaired) electrons. The molecule has 0 aliphatic carbocycles. The summed E-state index contributed by atoms with van der Waals surface area (Å²) in [5.41, 5.74) is 5.30. The average molecular weight is 430 g/mol. The van der Waals surface area contributed by atoms with E-state index in [2.05, 4.69) is 30.0 Å². The summed E-state index contributed by atoms with van der Waals surface area (Å²) in [4.78, 5) is 2.45. The van der Waals surface area contributed by atoms with Gasteiger partial charge in [-0.15, -0.1) is 0 Å². The molecule has 2 aliphatic heterocycles. The van der Waals surface area contributed by atoms with Gasteiger partial charge in [-0.3, -0.25) is 4.90 Å². The quantitative estimate of drug-likeness (QED) is 0.455. The highest BCUT2D eigenvalue weighted by Gasteiger charge is 2.29. The molecule has 0 bridgehead atoms. The van der Waals surface area contributed by atoms with Crippen LogP contribution in [0, 0.1) is 5.82 Å². The Kier molecular flexibility index (Phi) is 5.95. The van der Waals surface area contributed by atoms with Crippen LogP contribution in [0.3, 0.4) is 0 Å². The van der Waals surface area contributed by atoms with Gasteiger partial charge in [0.05, 0.1) is 0 Å². The summed E-state index contributed by atoms with van der Waals surface area (Å²) in [6.45, 7) is 6.15. The molecular weight excluding hydrogens is 401 g/mol. The fraction of sp³-hybridized carbons (Fsp3) is 0.286. The number of halogens is 1. The molecule has 32 heavy (non-hydrogen) atoms. The number of para-hydroxylation sites is 1. The van der Waals surface area contributed by atoms with E-state index < -0.39 is 0 Å². The van der Waals surface area contributed by atoms with Crippen molar-refractivity contribution in [3.63, 3.8) is 0 Å². The highest BCUT2D eigenvalue weighted by atomic mass is 19.1. The second-order valence-corrected chi connectivity index (χ2v) is 8.51. The Bertz CT molecular complexity index is 1100. The van der Waals surface area contributed by atoms with E-state index in [0.717, 1.165) is 45.9 Å². The number of hydrogen-bond acceptors (Lipinski definition) is 3. The maximum atomic E-state index is 13.6. The predicted molar refractivity (Wildman–Crippen MR) is 126 cm³/mol.